The Morgan fingerprint density at radius 3 is 2.17 bits per heavy atom. The zero-order chi connectivity index (χ0) is 17.7. The molecule has 24 heavy (non-hydrogen) atoms. The Hall–Kier alpha value is -2.08. The molecule has 0 aromatic heterocycles. The molecule has 1 aliphatic heterocycles. The number of hydrogen-bond donors (Lipinski definition) is 1. The summed E-state index contributed by atoms with van der Waals surface area (Å²) in [6, 6.07) is 6.18. The summed E-state index contributed by atoms with van der Waals surface area (Å²) in [5.41, 5.74) is 3.49. The molecule has 2 rings (SSSR count). The molecule has 0 bridgehead atoms. The van der Waals surface area contributed by atoms with Crippen molar-refractivity contribution in [1.29, 1.82) is 0 Å². The maximum Gasteiger partial charge on any atom is 0.317 e. The van der Waals surface area contributed by atoms with E-state index in [4.69, 9.17) is 4.74 Å². The summed E-state index contributed by atoms with van der Waals surface area (Å²) in [4.78, 5) is 27.7. The van der Waals surface area contributed by atoms with E-state index < -0.39 is 0 Å². The van der Waals surface area contributed by atoms with Crippen LogP contribution in [0.2, 0.25) is 0 Å². The Labute approximate surface area is 143 Å². The first-order valence-corrected chi connectivity index (χ1v) is 8.31. The number of piperazine rings is 1. The Kier molecular flexibility index (Phi) is 6.20. The minimum atomic E-state index is -0.0829. The average Bonchev–Trinajstić information content (AvgIpc) is 2.54. The maximum absolute atomic E-state index is 12.4. The normalized spacial score (nSPS) is 16.0. The minimum Gasteiger partial charge on any atom is -0.375 e. The SMILES string of the molecule is COCC(=O)N1CCN(C(=O)NC(C)c2cc(C)cc(C)c2)CC1. The molecule has 1 aromatic rings. The average molecular weight is 333 g/mol. The molecule has 1 aliphatic rings. The number of benzene rings is 1. The van der Waals surface area contributed by atoms with E-state index in [0.717, 1.165) is 5.56 Å². The smallest absolute Gasteiger partial charge is 0.317 e. The van der Waals surface area contributed by atoms with E-state index in [-0.39, 0.29) is 24.6 Å². The van der Waals surface area contributed by atoms with Crippen molar-refractivity contribution in [3.8, 4) is 0 Å². The molecule has 6 heteroatoms. The highest BCUT2D eigenvalue weighted by molar-refractivity contribution is 5.78. The first-order valence-electron chi connectivity index (χ1n) is 8.31. The maximum atomic E-state index is 12.4. The fraction of sp³-hybridized carbons (Fsp3) is 0.556. The van der Waals surface area contributed by atoms with Crippen LogP contribution >= 0.6 is 0 Å². The van der Waals surface area contributed by atoms with Crippen LogP contribution in [0, 0.1) is 13.8 Å². The lowest BCUT2D eigenvalue weighted by Crippen LogP contribution is -2.54. The summed E-state index contributed by atoms with van der Waals surface area (Å²) < 4.78 is 4.87. The number of rotatable bonds is 4. The van der Waals surface area contributed by atoms with E-state index in [9.17, 15) is 9.59 Å². The summed E-state index contributed by atoms with van der Waals surface area (Å²) in [7, 11) is 1.51. The van der Waals surface area contributed by atoms with Crippen molar-refractivity contribution in [3.63, 3.8) is 0 Å². The van der Waals surface area contributed by atoms with Crippen molar-refractivity contribution in [2.24, 2.45) is 0 Å². The van der Waals surface area contributed by atoms with Gasteiger partial charge in [-0.3, -0.25) is 4.79 Å². The molecule has 0 saturated carbocycles. The van der Waals surface area contributed by atoms with Crippen LogP contribution in [-0.2, 0) is 9.53 Å². The predicted molar refractivity (Wildman–Crippen MR) is 92.9 cm³/mol. The highest BCUT2D eigenvalue weighted by atomic mass is 16.5. The van der Waals surface area contributed by atoms with Crippen molar-refractivity contribution in [3.05, 3.63) is 34.9 Å². The molecule has 1 aromatic carbocycles. The van der Waals surface area contributed by atoms with Gasteiger partial charge in [0.05, 0.1) is 6.04 Å². The van der Waals surface area contributed by atoms with Crippen LogP contribution in [0.3, 0.4) is 0 Å². The monoisotopic (exact) mass is 333 g/mol. The van der Waals surface area contributed by atoms with Gasteiger partial charge in [0.25, 0.3) is 0 Å². The summed E-state index contributed by atoms with van der Waals surface area (Å²) in [5, 5.41) is 3.05. The van der Waals surface area contributed by atoms with Crippen LogP contribution < -0.4 is 5.32 Å². The van der Waals surface area contributed by atoms with Gasteiger partial charge in [-0.25, -0.2) is 4.79 Å². The molecule has 3 amide bonds. The van der Waals surface area contributed by atoms with Gasteiger partial charge >= 0.3 is 6.03 Å². The summed E-state index contributed by atoms with van der Waals surface area (Å²) >= 11 is 0. The van der Waals surface area contributed by atoms with Crippen molar-refractivity contribution in [2.45, 2.75) is 26.8 Å². The molecule has 1 N–H and O–H groups in total. The van der Waals surface area contributed by atoms with Crippen LogP contribution in [0.5, 0.6) is 0 Å². The number of aryl methyl sites for hydroxylation is 2. The molecule has 132 valence electrons. The lowest BCUT2D eigenvalue weighted by Gasteiger charge is -2.35. The highest BCUT2D eigenvalue weighted by Crippen LogP contribution is 2.17. The third kappa shape index (κ3) is 4.71. The summed E-state index contributed by atoms with van der Waals surface area (Å²) in [6.45, 7) is 8.38. The lowest BCUT2D eigenvalue weighted by molar-refractivity contribution is -0.136. The predicted octanol–water partition coefficient (Wildman–Crippen LogP) is 1.86. The molecule has 1 atom stereocenters. The number of methoxy groups -OCH3 is 1. The number of urea groups is 1. The number of nitrogens with zero attached hydrogens (tertiary/aromatic N) is 2. The van der Waals surface area contributed by atoms with Gasteiger partial charge in [0, 0.05) is 33.3 Å². The first kappa shape index (κ1) is 18.3. The van der Waals surface area contributed by atoms with Gasteiger partial charge in [-0.2, -0.15) is 0 Å². The van der Waals surface area contributed by atoms with E-state index in [2.05, 4.69) is 37.4 Å². The highest BCUT2D eigenvalue weighted by Gasteiger charge is 2.24. The van der Waals surface area contributed by atoms with E-state index in [1.807, 2.05) is 6.92 Å². The Morgan fingerprint density at radius 2 is 1.62 bits per heavy atom. The first-order chi connectivity index (χ1) is 11.4. The molecule has 6 nitrogen and oxygen atoms in total. The number of carbonyl (C=O) groups excluding carboxylic acids is 2. The molecule has 0 spiro atoms. The largest absolute Gasteiger partial charge is 0.375 e. The van der Waals surface area contributed by atoms with Crippen LogP contribution in [0.25, 0.3) is 0 Å². The second-order valence-electron chi connectivity index (χ2n) is 6.39. The number of hydrogen-bond acceptors (Lipinski definition) is 3. The van der Waals surface area contributed by atoms with Crippen LogP contribution in [-0.4, -0.2) is 61.6 Å². The van der Waals surface area contributed by atoms with Crippen LogP contribution in [0.1, 0.15) is 29.7 Å². The van der Waals surface area contributed by atoms with Gasteiger partial charge in [0.15, 0.2) is 0 Å². The molecule has 1 unspecified atom stereocenters. The standard InChI is InChI=1S/C18H27N3O3/c1-13-9-14(2)11-16(10-13)15(3)19-18(23)21-7-5-20(6-8-21)17(22)12-24-4/h9-11,15H,5-8,12H2,1-4H3,(H,19,23). The molecule has 0 radical (unpaired) electrons. The van der Waals surface area contributed by atoms with Gasteiger partial charge in [-0.15, -0.1) is 0 Å². The van der Waals surface area contributed by atoms with Crippen molar-refractivity contribution < 1.29 is 14.3 Å². The zero-order valence-corrected chi connectivity index (χ0v) is 15.0. The van der Waals surface area contributed by atoms with E-state index in [0.29, 0.717) is 26.2 Å². The number of nitrogens with one attached hydrogen (secondary N) is 1. The van der Waals surface area contributed by atoms with Gasteiger partial charge < -0.3 is 19.9 Å². The summed E-state index contributed by atoms with van der Waals surface area (Å²) in [6.07, 6.45) is 0. The third-order valence-corrected chi connectivity index (χ3v) is 4.27. The van der Waals surface area contributed by atoms with Gasteiger partial charge in [0.1, 0.15) is 6.61 Å². The van der Waals surface area contributed by atoms with E-state index in [1.54, 1.807) is 9.80 Å². The van der Waals surface area contributed by atoms with Crippen LogP contribution in [0.15, 0.2) is 18.2 Å². The minimum absolute atomic E-state index is 0.0267. The fourth-order valence-electron chi connectivity index (χ4n) is 2.99. The lowest BCUT2D eigenvalue weighted by atomic mass is 10.0. The zero-order valence-electron chi connectivity index (χ0n) is 15.0. The molecule has 0 aliphatic carbocycles. The molecular formula is C18H27N3O3. The second-order valence-corrected chi connectivity index (χ2v) is 6.39. The fourth-order valence-corrected chi connectivity index (χ4v) is 2.99. The molecule has 1 heterocycles. The molecule has 1 fully saturated rings. The summed E-state index contributed by atoms with van der Waals surface area (Å²) in [5.74, 6) is -0.0267. The van der Waals surface area contributed by atoms with Gasteiger partial charge in [-0.1, -0.05) is 29.3 Å². The van der Waals surface area contributed by atoms with Gasteiger partial charge in [-0.05, 0) is 26.3 Å². The van der Waals surface area contributed by atoms with E-state index in [1.165, 1.54) is 18.2 Å². The Bertz CT molecular complexity index is 575. The topological polar surface area (TPSA) is 61.9 Å². The van der Waals surface area contributed by atoms with Gasteiger partial charge in [0.2, 0.25) is 5.91 Å². The van der Waals surface area contributed by atoms with E-state index >= 15 is 0 Å². The van der Waals surface area contributed by atoms with Crippen LogP contribution in [0.4, 0.5) is 4.79 Å². The molecular weight excluding hydrogens is 306 g/mol. The number of carbonyl (C=O) groups is 2. The Morgan fingerprint density at radius 1 is 1.08 bits per heavy atom. The molecule has 1 saturated heterocycles. The van der Waals surface area contributed by atoms with Crippen molar-refractivity contribution >= 4 is 11.9 Å². The Balaban J connectivity index is 1.88. The van der Waals surface area contributed by atoms with Crippen molar-refractivity contribution in [2.75, 3.05) is 39.9 Å². The third-order valence-electron chi connectivity index (χ3n) is 4.27. The second kappa shape index (κ2) is 8.15. The number of ether oxygens (including phenoxy) is 1. The van der Waals surface area contributed by atoms with Crippen molar-refractivity contribution in [1.82, 2.24) is 15.1 Å². The quantitative estimate of drug-likeness (QED) is 0.915. The number of amides is 3.